The normalized spacial score (nSPS) is 10.5. The lowest BCUT2D eigenvalue weighted by Gasteiger charge is -2.02. The van der Waals surface area contributed by atoms with Crippen LogP contribution in [0.1, 0.15) is 13.8 Å². The Bertz CT molecular complexity index is 220. The molecule has 1 heterocycles. The molecule has 0 amide bonds. The van der Waals surface area contributed by atoms with Gasteiger partial charge in [0.2, 0.25) is 5.95 Å². The average molecular weight is 171 g/mol. The molecule has 0 aromatic carbocycles. The maximum absolute atomic E-state index is 12.3. The minimum Gasteiger partial charge on any atom is -0.227 e. The Hall–Kier alpha value is -0.570. The van der Waals surface area contributed by atoms with Crippen LogP contribution in [0.25, 0.3) is 0 Å². The second kappa shape index (κ2) is 3.72. The summed E-state index contributed by atoms with van der Waals surface area (Å²) in [4.78, 5) is 4.56. The summed E-state index contributed by atoms with van der Waals surface area (Å²) >= 11 is 1.68. The van der Waals surface area contributed by atoms with Crippen LogP contribution in [0.3, 0.4) is 0 Å². The highest BCUT2D eigenvalue weighted by atomic mass is 32.2. The van der Waals surface area contributed by atoms with E-state index in [2.05, 4.69) is 18.8 Å². The van der Waals surface area contributed by atoms with Crippen LogP contribution >= 0.6 is 11.8 Å². The Morgan fingerprint density at radius 3 is 2.64 bits per heavy atom. The highest BCUT2D eigenvalue weighted by Gasteiger charge is 1.97. The van der Waals surface area contributed by atoms with Gasteiger partial charge in [0.15, 0.2) is 0 Å². The summed E-state index contributed by atoms with van der Waals surface area (Å²) in [5.74, 6) is -0.418. The number of aromatic nitrogens is 1. The first-order valence-corrected chi connectivity index (χ1v) is 4.34. The topological polar surface area (TPSA) is 12.9 Å². The molecule has 0 aliphatic rings. The molecule has 0 unspecified atom stereocenters. The van der Waals surface area contributed by atoms with Crippen molar-refractivity contribution in [1.82, 2.24) is 4.98 Å². The van der Waals surface area contributed by atoms with Gasteiger partial charge < -0.3 is 0 Å². The molecule has 1 aromatic heterocycles. The SMILES string of the molecule is CC(C)Sc1ccc(F)nc1. The van der Waals surface area contributed by atoms with E-state index in [9.17, 15) is 4.39 Å². The summed E-state index contributed by atoms with van der Waals surface area (Å²) in [6, 6.07) is 3.12. The highest BCUT2D eigenvalue weighted by molar-refractivity contribution is 7.99. The second-order valence-electron chi connectivity index (χ2n) is 2.48. The van der Waals surface area contributed by atoms with Gasteiger partial charge in [-0.3, -0.25) is 0 Å². The molecule has 0 fully saturated rings. The molecule has 11 heavy (non-hydrogen) atoms. The number of thioether (sulfide) groups is 1. The molecule has 1 aromatic rings. The second-order valence-corrected chi connectivity index (χ2v) is 4.13. The van der Waals surface area contributed by atoms with Crippen molar-refractivity contribution in [3.8, 4) is 0 Å². The van der Waals surface area contributed by atoms with Crippen LogP contribution in [-0.2, 0) is 0 Å². The van der Waals surface area contributed by atoms with Crippen LogP contribution in [0.15, 0.2) is 23.2 Å². The van der Waals surface area contributed by atoms with Crippen molar-refractivity contribution in [1.29, 1.82) is 0 Å². The van der Waals surface area contributed by atoms with Crippen molar-refractivity contribution in [3.05, 3.63) is 24.3 Å². The molecule has 3 heteroatoms. The van der Waals surface area contributed by atoms with E-state index in [1.54, 1.807) is 24.0 Å². The highest BCUT2D eigenvalue weighted by Crippen LogP contribution is 2.21. The van der Waals surface area contributed by atoms with Gasteiger partial charge in [-0.1, -0.05) is 13.8 Å². The lowest BCUT2D eigenvalue weighted by atomic mass is 10.5. The van der Waals surface area contributed by atoms with Crippen LogP contribution in [0.5, 0.6) is 0 Å². The van der Waals surface area contributed by atoms with E-state index >= 15 is 0 Å². The zero-order chi connectivity index (χ0) is 8.27. The van der Waals surface area contributed by atoms with Crippen molar-refractivity contribution in [2.45, 2.75) is 24.0 Å². The Labute approximate surface area is 70.0 Å². The summed E-state index contributed by atoms with van der Waals surface area (Å²) in [6.07, 6.45) is 1.56. The third kappa shape index (κ3) is 2.89. The monoisotopic (exact) mass is 171 g/mol. The number of nitrogens with zero attached hydrogens (tertiary/aromatic N) is 1. The minimum absolute atomic E-state index is 0.418. The molecule has 0 aliphatic carbocycles. The summed E-state index contributed by atoms with van der Waals surface area (Å²) < 4.78 is 12.3. The number of halogens is 1. The molecule has 0 radical (unpaired) electrons. The third-order valence-electron chi connectivity index (χ3n) is 1.07. The summed E-state index contributed by atoms with van der Waals surface area (Å²) in [6.45, 7) is 4.18. The fourth-order valence-corrected chi connectivity index (χ4v) is 1.51. The Balaban J connectivity index is 2.66. The molecular weight excluding hydrogens is 161 g/mol. The lowest BCUT2D eigenvalue weighted by Crippen LogP contribution is -1.87. The average Bonchev–Trinajstić information content (AvgIpc) is 1.93. The maximum Gasteiger partial charge on any atom is 0.212 e. The smallest absolute Gasteiger partial charge is 0.212 e. The molecule has 0 bridgehead atoms. The van der Waals surface area contributed by atoms with Gasteiger partial charge in [0.05, 0.1) is 0 Å². The molecule has 0 spiro atoms. The Kier molecular flexibility index (Phi) is 2.88. The van der Waals surface area contributed by atoms with Gasteiger partial charge in [-0.25, -0.2) is 4.98 Å². The fraction of sp³-hybridized carbons (Fsp3) is 0.375. The van der Waals surface area contributed by atoms with Gasteiger partial charge in [-0.05, 0) is 12.1 Å². The van der Waals surface area contributed by atoms with Gasteiger partial charge in [0, 0.05) is 16.3 Å². The first-order valence-electron chi connectivity index (χ1n) is 3.46. The van der Waals surface area contributed by atoms with Gasteiger partial charge in [-0.2, -0.15) is 4.39 Å². The van der Waals surface area contributed by atoms with E-state index < -0.39 is 5.95 Å². The molecule has 0 saturated heterocycles. The van der Waals surface area contributed by atoms with Crippen molar-refractivity contribution < 1.29 is 4.39 Å². The minimum atomic E-state index is -0.418. The summed E-state index contributed by atoms with van der Waals surface area (Å²) in [5.41, 5.74) is 0. The van der Waals surface area contributed by atoms with Gasteiger partial charge in [0.25, 0.3) is 0 Å². The van der Waals surface area contributed by atoms with E-state index in [4.69, 9.17) is 0 Å². The fourth-order valence-electron chi connectivity index (χ4n) is 0.704. The third-order valence-corrected chi connectivity index (χ3v) is 2.06. The zero-order valence-electron chi connectivity index (χ0n) is 6.54. The van der Waals surface area contributed by atoms with Crippen LogP contribution < -0.4 is 0 Å². The van der Waals surface area contributed by atoms with Crippen LogP contribution in [0.4, 0.5) is 4.39 Å². The quantitative estimate of drug-likeness (QED) is 0.501. The molecule has 1 nitrogen and oxygen atoms in total. The molecule has 0 aliphatic heterocycles. The standard InChI is InChI=1S/C8H10FNS/c1-6(2)11-7-3-4-8(9)10-5-7/h3-6H,1-2H3. The predicted octanol–water partition coefficient (Wildman–Crippen LogP) is 2.72. The maximum atomic E-state index is 12.3. The number of hydrogen-bond donors (Lipinski definition) is 0. The van der Waals surface area contributed by atoms with E-state index in [-0.39, 0.29) is 0 Å². The van der Waals surface area contributed by atoms with Crippen molar-refractivity contribution in [2.24, 2.45) is 0 Å². The largest absolute Gasteiger partial charge is 0.227 e. The van der Waals surface area contributed by atoms with Gasteiger partial charge in [0.1, 0.15) is 0 Å². The first kappa shape index (κ1) is 8.53. The van der Waals surface area contributed by atoms with E-state index in [0.29, 0.717) is 5.25 Å². The lowest BCUT2D eigenvalue weighted by molar-refractivity contribution is 0.581. The Morgan fingerprint density at radius 2 is 2.18 bits per heavy atom. The van der Waals surface area contributed by atoms with Gasteiger partial charge in [-0.15, -0.1) is 11.8 Å². The van der Waals surface area contributed by atoms with Crippen LogP contribution in [-0.4, -0.2) is 10.2 Å². The first-order chi connectivity index (χ1) is 5.18. The molecule has 0 saturated carbocycles. The van der Waals surface area contributed by atoms with Crippen molar-refractivity contribution >= 4 is 11.8 Å². The van der Waals surface area contributed by atoms with E-state index in [1.165, 1.54) is 6.07 Å². The number of hydrogen-bond acceptors (Lipinski definition) is 2. The van der Waals surface area contributed by atoms with Crippen molar-refractivity contribution in [3.63, 3.8) is 0 Å². The molecule has 60 valence electrons. The number of pyridine rings is 1. The van der Waals surface area contributed by atoms with Crippen LogP contribution in [0, 0.1) is 5.95 Å². The van der Waals surface area contributed by atoms with E-state index in [0.717, 1.165) is 4.90 Å². The predicted molar refractivity (Wildman–Crippen MR) is 45.2 cm³/mol. The molecule has 0 atom stereocenters. The summed E-state index contributed by atoms with van der Waals surface area (Å²) in [7, 11) is 0. The van der Waals surface area contributed by atoms with Gasteiger partial charge >= 0.3 is 0 Å². The molecule has 0 N–H and O–H groups in total. The Morgan fingerprint density at radius 1 is 1.45 bits per heavy atom. The van der Waals surface area contributed by atoms with Crippen LogP contribution in [0.2, 0.25) is 0 Å². The number of rotatable bonds is 2. The van der Waals surface area contributed by atoms with E-state index in [1.807, 2.05) is 0 Å². The van der Waals surface area contributed by atoms with Crippen molar-refractivity contribution in [2.75, 3.05) is 0 Å². The molecule has 1 rings (SSSR count). The zero-order valence-corrected chi connectivity index (χ0v) is 7.36. The molecular formula is C8H10FNS. The summed E-state index contributed by atoms with van der Waals surface area (Å²) in [5, 5.41) is 0.516.